The van der Waals surface area contributed by atoms with Crippen LogP contribution in [0.25, 0.3) is 0 Å². The SMILES string of the molecule is CC(N)c1ccc(NC(=O)[C@@H]2OCCO[C@@H]2C)cc1. The maximum Gasteiger partial charge on any atom is 0.256 e. The zero-order valence-electron chi connectivity index (χ0n) is 11.3. The monoisotopic (exact) mass is 264 g/mol. The molecular formula is C14H20N2O3. The summed E-state index contributed by atoms with van der Waals surface area (Å²) in [6.45, 7) is 4.74. The highest BCUT2D eigenvalue weighted by molar-refractivity contribution is 5.94. The zero-order chi connectivity index (χ0) is 13.8. The van der Waals surface area contributed by atoms with Crippen molar-refractivity contribution < 1.29 is 14.3 Å². The van der Waals surface area contributed by atoms with Crippen molar-refractivity contribution in [3.05, 3.63) is 29.8 Å². The molecule has 0 aliphatic carbocycles. The average molecular weight is 264 g/mol. The molecule has 1 aromatic carbocycles. The topological polar surface area (TPSA) is 73.6 Å². The van der Waals surface area contributed by atoms with Gasteiger partial charge in [0.2, 0.25) is 0 Å². The van der Waals surface area contributed by atoms with Gasteiger partial charge in [0.05, 0.1) is 19.3 Å². The molecule has 1 fully saturated rings. The molecule has 1 aliphatic heterocycles. The average Bonchev–Trinajstić information content (AvgIpc) is 2.39. The minimum absolute atomic E-state index is 0.0140. The van der Waals surface area contributed by atoms with Gasteiger partial charge in [-0.25, -0.2) is 0 Å². The fourth-order valence-electron chi connectivity index (χ4n) is 2.00. The van der Waals surface area contributed by atoms with Gasteiger partial charge in [-0.05, 0) is 31.5 Å². The molecule has 5 heteroatoms. The number of rotatable bonds is 3. The summed E-state index contributed by atoms with van der Waals surface area (Å²) in [4.78, 5) is 12.1. The van der Waals surface area contributed by atoms with Crippen LogP contribution in [0.1, 0.15) is 25.5 Å². The van der Waals surface area contributed by atoms with Gasteiger partial charge in [-0.1, -0.05) is 12.1 Å². The lowest BCUT2D eigenvalue weighted by Gasteiger charge is -2.28. The molecule has 3 atom stereocenters. The number of carbonyl (C=O) groups is 1. The number of benzene rings is 1. The normalized spacial score (nSPS) is 24.8. The van der Waals surface area contributed by atoms with Gasteiger partial charge in [-0.15, -0.1) is 0 Å². The lowest BCUT2D eigenvalue weighted by atomic mass is 10.1. The first-order valence-electron chi connectivity index (χ1n) is 6.47. The Kier molecular flexibility index (Phi) is 4.52. The number of carbonyl (C=O) groups excluding carboxylic acids is 1. The van der Waals surface area contributed by atoms with E-state index in [0.717, 1.165) is 11.3 Å². The first kappa shape index (κ1) is 14.0. The molecule has 1 saturated heterocycles. The van der Waals surface area contributed by atoms with Gasteiger partial charge in [0.1, 0.15) is 0 Å². The van der Waals surface area contributed by atoms with Crippen LogP contribution in [0.2, 0.25) is 0 Å². The first-order chi connectivity index (χ1) is 9.08. The number of ether oxygens (including phenoxy) is 2. The molecule has 1 aliphatic rings. The van der Waals surface area contributed by atoms with E-state index in [4.69, 9.17) is 15.2 Å². The highest BCUT2D eigenvalue weighted by atomic mass is 16.6. The fraction of sp³-hybridized carbons (Fsp3) is 0.500. The molecule has 1 aromatic rings. The molecule has 3 N–H and O–H groups in total. The molecule has 19 heavy (non-hydrogen) atoms. The molecule has 1 amide bonds. The van der Waals surface area contributed by atoms with Crippen LogP contribution >= 0.6 is 0 Å². The van der Waals surface area contributed by atoms with Crippen LogP contribution in [0.4, 0.5) is 5.69 Å². The Morgan fingerprint density at radius 2 is 1.95 bits per heavy atom. The van der Waals surface area contributed by atoms with E-state index in [0.29, 0.717) is 13.2 Å². The standard InChI is InChI=1S/C14H20N2O3/c1-9(15)11-3-5-12(6-4-11)16-14(17)13-10(2)18-7-8-19-13/h3-6,9-10,13H,7-8,15H2,1-2H3,(H,16,17)/t9?,10-,13-/m1/s1. The minimum atomic E-state index is -0.554. The number of anilines is 1. The molecule has 5 nitrogen and oxygen atoms in total. The molecule has 0 saturated carbocycles. The van der Waals surface area contributed by atoms with E-state index in [1.165, 1.54) is 0 Å². The van der Waals surface area contributed by atoms with E-state index >= 15 is 0 Å². The second kappa shape index (κ2) is 6.14. The van der Waals surface area contributed by atoms with Crippen LogP contribution in [0.15, 0.2) is 24.3 Å². The summed E-state index contributed by atoms with van der Waals surface area (Å²) >= 11 is 0. The van der Waals surface area contributed by atoms with Gasteiger partial charge in [0.25, 0.3) is 5.91 Å². The predicted molar refractivity (Wildman–Crippen MR) is 72.8 cm³/mol. The summed E-state index contributed by atoms with van der Waals surface area (Å²) in [5.74, 6) is -0.180. The van der Waals surface area contributed by atoms with E-state index < -0.39 is 6.10 Å². The molecule has 0 aromatic heterocycles. The van der Waals surface area contributed by atoms with Gasteiger partial charge in [0.15, 0.2) is 6.10 Å². The Balaban J connectivity index is 1.98. The number of amides is 1. The summed E-state index contributed by atoms with van der Waals surface area (Å²) in [6.07, 6.45) is -0.779. The Hall–Kier alpha value is -1.43. The Morgan fingerprint density at radius 1 is 1.32 bits per heavy atom. The quantitative estimate of drug-likeness (QED) is 0.866. The van der Waals surface area contributed by atoms with E-state index in [1.54, 1.807) is 0 Å². The Bertz CT molecular complexity index is 431. The van der Waals surface area contributed by atoms with Gasteiger partial charge in [0, 0.05) is 11.7 Å². The largest absolute Gasteiger partial charge is 0.373 e. The molecule has 0 radical (unpaired) electrons. The molecule has 2 rings (SSSR count). The molecular weight excluding hydrogens is 244 g/mol. The lowest BCUT2D eigenvalue weighted by Crippen LogP contribution is -2.44. The number of nitrogens with two attached hydrogens (primary N) is 1. The third kappa shape index (κ3) is 3.53. The maximum atomic E-state index is 12.1. The highest BCUT2D eigenvalue weighted by Gasteiger charge is 2.29. The highest BCUT2D eigenvalue weighted by Crippen LogP contribution is 2.16. The summed E-state index contributed by atoms with van der Waals surface area (Å²) in [6, 6.07) is 7.47. The molecule has 0 spiro atoms. The van der Waals surface area contributed by atoms with Crippen LogP contribution in [-0.4, -0.2) is 31.3 Å². The second-order valence-corrected chi connectivity index (χ2v) is 4.77. The fourth-order valence-corrected chi connectivity index (χ4v) is 2.00. The third-order valence-electron chi connectivity index (χ3n) is 3.15. The lowest BCUT2D eigenvalue weighted by molar-refractivity contribution is -0.157. The summed E-state index contributed by atoms with van der Waals surface area (Å²) < 4.78 is 10.8. The zero-order valence-corrected chi connectivity index (χ0v) is 11.3. The molecule has 1 heterocycles. The van der Waals surface area contributed by atoms with Crippen molar-refractivity contribution in [2.75, 3.05) is 18.5 Å². The Labute approximate surface area is 113 Å². The van der Waals surface area contributed by atoms with E-state index in [-0.39, 0.29) is 18.1 Å². The predicted octanol–water partition coefficient (Wildman–Crippen LogP) is 1.45. The van der Waals surface area contributed by atoms with Crippen molar-refractivity contribution in [1.82, 2.24) is 0 Å². The number of hydrogen-bond acceptors (Lipinski definition) is 4. The third-order valence-corrected chi connectivity index (χ3v) is 3.15. The number of nitrogens with one attached hydrogen (secondary N) is 1. The first-order valence-corrected chi connectivity index (χ1v) is 6.47. The van der Waals surface area contributed by atoms with Crippen molar-refractivity contribution in [2.24, 2.45) is 5.73 Å². The smallest absolute Gasteiger partial charge is 0.256 e. The van der Waals surface area contributed by atoms with Gasteiger partial charge in [-0.2, -0.15) is 0 Å². The van der Waals surface area contributed by atoms with E-state index in [1.807, 2.05) is 38.1 Å². The van der Waals surface area contributed by atoms with Crippen LogP contribution in [0.3, 0.4) is 0 Å². The van der Waals surface area contributed by atoms with Gasteiger partial charge < -0.3 is 20.5 Å². The second-order valence-electron chi connectivity index (χ2n) is 4.77. The van der Waals surface area contributed by atoms with Crippen molar-refractivity contribution in [1.29, 1.82) is 0 Å². The van der Waals surface area contributed by atoms with Gasteiger partial charge in [-0.3, -0.25) is 4.79 Å². The van der Waals surface area contributed by atoms with E-state index in [2.05, 4.69) is 5.32 Å². The van der Waals surface area contributed by atoms with E-state index in [9.17, 15) is 4.79 Å². The maximum absolute atomic E-state index is 12.1. The van der Waals surface area contributed by atoms with Crippen molar-refractivity contribution >= 4 is 11.6 Å². The van der Waals surface area contributed by atoms with Crippen molar-refractivity contribution in [3.63, 3.8) is 0 Å². The summed E-state index contributed by atoms with van der Waals surface area (Å²) in [7, 11) is 0. The summed E-state index contributed by atoms with van der Waals surface area (Å²) in [5.41, 5.74) is 7.54. The summed E-state index contributed by atoms with van der Waals surface area (Å²) in [5, 5.41) is 2.82. The number of hydrogen-bond donors (Lipinski definition) is 2. The molecule has 104 valence electrons. The van der Waals surface area contributed by atoms with Crippen LogP contribution in [-0.2, 0) is 14.3 Å². The van der Waals surface area contributed by atoms with Crippen molar-refractivity contribution in [2.45, 2.75) is 32.1 Å². The minimum Gasteiger partial charge on any atom is -0.373 e. The molecule has 1 unspecified atom stereocenters. The van der Waals surface area contributed by atoms with Crippen molar-refractivity contribution in [3.8, 4) is 0 Å². The van der Waals surface area contributed by atoms with Crippen LogP contribution in [0.5, 0.6) is 0 Å². The van der Waals surface area contributed by atoms with Gasteiger partial charge >= 0.3 is 0 Å². The van der Waals surface area contributed by atoms with Crippen LogP contribution in [0, 0.1) is 0 Å². The van der Waals surface area contributed by atoms with Crippen LogP contribution < -0.4 is 11.1 Å². The molecule has 0 bridgehead atoms. The Morgan fingerprint density at radius 3 is 2.53 bits per heavy atom.